The molecule has 1 aliphatic rings. The number of thiophene rings is 1. The zero-order chi connectivity index (χ0) is 14.7. The van der Waals surface area contributed by atoms with Crippen molar-refractivity contribution in [3.8, 4) is 0 Å². The van der Waals surface area contributed by atoms with Gasteiger partial charge < -0.3 is 10.6 Å². The van der Waals surface area contributed by atoms with Gasteiger partial charge in [-0.15, -0.1) is 11.3 Å². The largest absolute Gasteiger partial charge is 0.326 e. The van der Waals surface area contributed by atoms with Crippen LogP contribution in [0.3, 0.4) is 0 Å². The van der Waals surface area contributed by atoms with Crippen LogP contribution in [0.4, 0.5) is 5.69 Å². The second-order valence-electron chi connectivity index (χ2n) is 5.37. The first-order valence-electron chi connectivity index (χ1n) is 7.47. The minimum Gasteiger partial charge on any atom is -0.326 e. The van der Waals surface area contributed by atoms with Gasteiger partial charge in [0.05, 0.1) is 6.04 Å². The lowest BCUT2D eigenvalue weighted by molar-refractivity contribution is -0.116. The van der Waals surface area contributed by atoms with Crippen LogP contribution in [-0.2, 0) is 11.2 Å². The topological polar surface area (TPSA) is 41.1 Å². The number of aryl methyl sites for hydroxylation is 1. The van der Waals surface area contributed by atoms with Gasteiger partial charge in [-0.05, 0) is 48.0 Å². The van der Waals surface area contributed by atoms with Crippen LogP contribution < -0.4 is 10.6 Å². The molecular weight excluding hydrogens is 280 g/mol. The fourth-order valence-electron chi connectivity index (χ4n) is 2.71. The molecule has 1 aromatic carbocycles. The summed E-state index contributed by atoms with van der Waals surface area (Å²) < 4.78 is 0. The van der Waals surface area contributed by atoms with Gasteiger partial charge >= 0.3 is 0 Å². The molecule has 2 N–H and O–H groups in total. The van der Waals surface area contributed by atoms with E-state index in [4.69, 9.17) is 0 Å². The Hall–Kier alpha value is -1.65. The van der Waals surface area contributed by atoms with E-state index < -0.39 is 0 Å². The summed E-state index contributed by atoms with van der Waals surface area (Å²) in [4.78, 5) is 12.8. The Morgan fingerprint density at radius 1 is 1.33 bits per heavy atom. The number of carbonyl (C=O) groups excluding carboxylic acids is 1. The number of anilines is 1. The zero-order valence-corrected chi connectivity index (χ0v) is 13.0. The van der Waals surface area contributed by atoms with Crippen LogP contribution >= 0.6 is 11.3 Å². The maximum absolute atomic E-state index is 11.5. The number of fused-ring (bicyclic) bond motifs is 1. The van der Waals surface area contributed by atoms with Crippen LogP contribution in [0.25, 0.3) is 0 Å². The minimum atomic E-state index is 0.120. The van der Waals surface area contributed by atoms with Gasteiger partial charge in [0.2, 0.25) is 5.91 Å². The molecule has 0 bridgehead atoms. The van der Waals surface area contributed by atoms with Gasteiger partial charge in [0.25, 0.3) is 0 Å². The number of carbonyl (C=O) groups is 1. The lowest BCUT2D eigenvalue weighted by Crippen LogP contribution is -2.23. The standard InChI is InChI=1S/C17H20N2OS/c1-2-9-18-17(15-4-3-10-21-15)13-5-7-14-12(11-13)6-8-16(20)19-14/h3-5,7,10-11,17-18H,2,6,8-9H2,1H3,(H,19,20). The Kier molecular flexibility index (Phi) is 4.36. The van der Waals surface area contributed by atoms with Crippen LogP contribution in [0.15, 0.2) is 35.7 Å². The first-order valence-corrected chi connectivity index (χ1v) is 8.35. The molecular formula is C17H20N2OS. The van der Waals surface area contributed by atoms with Crippen molar-refractivity contribution in [3.05, 3.63) is 51.7 Å². The van der Waals surface area contributed by atoms with E-state index in [1.165, 1.54) is 16.0 Å². The molecule has 4 heteroatoms. The van der Waals surface area contributed by atoms with Gasteiger partial charge in [0, 0.05) is 17.0 Å². The van der Waals surface area contributed by atoms with E-state index in [0.717, 1.165) is 25.1 Å². The Bertz CT molecular complexity index is 622. The molecule has 0 spiro atoms. The minimum absolute atomic E-state index is 0.120. The van der Waals surface area contributed by atoms with E-state index in [9.17, 15) is 4.79 Å². The summed E-state index contributed by atoms with van der Waals surface area (Å²) in [5.74, 6) is 0.120. The van der Waals surface area contributed by atoms with E-state index in [2.05, 4.69) is 47.2 Å². The third-order valence-corrected chi connectivity index (χ3v) is 4.72. The zero-order valence-electron chi connectivity index (χ0n) is 12.2. The predicted molar refractivity (Wildman–Crippen MR) is 87.8 cm³/mol. The highest BCUT2D eigenvalue weighted by Crippen LogP contribution is 2.30. The van der Waals surface area contributed by atoms with Gasteiger partial charge in [-0.25, -0.2) is 0 Å². The maximum Gasteiger partial charge on any atom is 0.224 e. The molecule has 0 radical (unpaired) electrons. The predicted octanol–water partition coefficient (Wildman–Crippen LogP) is 3.72. The Morgan fingerprint density at radius 2 is 2.24 bits per heavy atom. The lowest BCUT2D eigenvalue weighted by Gasteiger charge is -2.22. The first kappa shape index (κ1) is 14.3. The number of amides is 1. The highest BCUT2D eigenvalue weighted by Gasteiger charge is 2.19. The molecule has 1 aromatic heterocycles. The fraction of sp³-hybridized carbons (Fsp3) is 0.353. The van der Waals surface area contributed by atoms with E-state index in [-0.39, 0.29) is 11.9 Å². The summed E-state index contributed by atoms with van der Waals surface area (Å²) >= 11 is 1.78. The third kappa shape index (κ3) is 3.17. The molecule has 3 nitrogen and oxygen atoms in total. The fourth-order valence-corrected chi connectivity index (χ4v) is 3.54. The summed E-state index contributed by atoms with van der Waals surface area (Å²) in [6.07, 6.45) is 2.53. The summed E-state index contributed by atoms with van der Waals surface area (Å²) in [5, 5.41) is 8.69. The molecule has 0 aliphatic carbocycles. The van der Waals surface area contributed by atoms with Crippen molar-refractivity contribution >= 4 is 22.9 Å². The normalized spacial score (nSPS) is 15.4. The first-order chi connectivity index (χ1) is 10.3. The van der Waals surface area contributed by atoms with Crippen LogP contribution in [0.2, 0.25) is 0 Å². The van der Waals surface area contributed by atoms with Gasteiger partial charge in [-0.1, -0.05) is 25.1 Å². The van der Waals surface area contributed by atoms with Crippen LogP contribution in [0.1, 0.15) is 41.8 Å². The highest BCUT2D eigenvalue weighted by molar-refractivity contribution is 7.10. The molecule has 2 heterocycles. The Labute approximate surface area is 129 Å². The van der Waals surface area contributed by atoms with E-state index in [1.54, 1.807) is 11.3 Å². The molecule has 0 fully saturated rings. The summed E-state index contributed by atoms with van der Waals surface area (Å²) in [7, 11) is 0. The van der Waals surface area contributed by atoms with E-state index in [1.807, 2.05) is 6.07 Å². The number of benzene rings is 1. The van der Waals surface area contributed by atoms with Crippen LogP contribution in [0, 0.1) is 0 Å². The molecule has 1 atom stereocenters. The number of rotatable bonds is 5. The maximum atomic E-state index is 11.5. The van der Waals surface area contributed by atoms with Crippen molar-refractivity contribution < 1.29 is 4.79 Å². The summed E-state index contributed by atoms with van der Waals surface area (Å²) in [5.41, 5.74) is 3.49. The smallest absolute Gasteiger partial charge is 0.224 e. The molecule has 21 heavy (non-hydrogen) atoms. The quantitative estimate of drug-likeness (QED) is 0.883. The molecule has 1 aliphatic heterocycles. The second-order valence-corrected chi connectivity index (χ2v) is 6.35. The van der Waals surface area contributed by atoms with Crippen LogP contribution in [0.5, 0.6) is 0 Å². The monoisotopic (exact) mass is 300 g/mol. The number of nitrogens with one attached hydrogen (secondary N) is 2. The molecule has 1 amide bonds. The number of hydrogen-bond acceptors (Lipinski definition) is 3. The Morgan fingerprint density at radius 3 is 3.00 bits per heavy atom. The summed E-state index contributed by atoms with van der Waals surface area (Å²) in [6, 6.07) is 10.9. The number of hydrogen-bond donors (Lipinski definition) is 2. The van der Waals surface area contributed by atoms with E-state index >= 15 is 0 Å². The lowest BCUT2D eigenvalue weighted by atomic mass is 9.96. The molecule has 1 unspecified atom stereocenters. The molecule has 0 saturated carbocycles. The molecule has 3 rings (SSSR count). The van der Waals surface area contributed by atoms with Gasteiger partial charge in [0.1, 0.15) is 0 Å². The average Bonchev–Trinajstić information content (AvgIpc) is 3.02. The van der Waals surface area contributed by atoms with Gasteiger partial charge in [-0.3, -0.25) is 4.79 Å². The average molecular weight is 300 g/mol. The second kappa shape index (κ2) is 6.41. The van der Waals surface area contributed by atoms with Crippen molar-refractivity contribution in [3.63, 3.8) is 0 Å². The molecule has 110 valence electrons. The van der Waals surface area contributed by atoms with Crippen molar-refractivity contribution in [2.75, 3.05) is 11.9 Å². The van der Waals surface area contributed by atoms with Gasteiger partial charge in [0.15, 0.2) is 0 Å². The third-order valence-electron chi connectivity index (χ3n) is 3.78. The van der Waals surface area contributed by atoms with Crippen molar-refractivity contribution in [2.45, 2.75) is 32.2 Å². The Balaban J connectivity index is 1.90. The van der Waals surface area contributed by atoms with Crippen molar-refractivity contribution in [1.29, 1.82) is 0 Å². The van der Waals surface area contributed by atoms with Crippen molar-refractivity contribution in [2.24, 2.45) is 0 Å². The van der Waals surface area contributed by atoms with Crippen molar-refractivity contribution in [1.82, 2.24) is 5.32 Å². The van der Waals surface area contributed by atoms with Gasteiger partial charge in [-0.2, -0.15) is 0 Å². The van der Waals surface area contributed by atoms with E-state index in [0.29, 0.717) is 6.42 Å². The molecule has 2 aromatic rings. The highest BCUT2D eigenvalue weighted by atomic mass is 32.1. The van der Waals surface area contributed by atoms with Crippen LogP contribution in [-0.4, -0.2) is 12.5 Å². The molecule has 0 saturated heterocycles. The summed E-state index contributed by atoms with van der Waals surface area (Å²) in [6.45, 7) is 3.18. The SMILES string of the molecule is CCCNC(c1ccc2c(c1)CCC(=O)N2)c1cccs1.